The van der Waals surface area contributed by atoms with Crippen LogP contribution in [0.15, 0.2) is 42.5 Å². The number of aliphatic hydroxyl groups excluding tert-OH is 1. The second-order valence-corrected chi connectivity index (χ2v) is 4.87. The predicted molar refractivity (Wildman–Crippen MR) is 81.0 cm³/mol. The van der Waals surface area contributed by atoms with Gasteiger partial charge in [0.25, 0.3) is 0 Å². The Hall–Kier alpha value is -1.80. The molecule has 0 saturated carbocycles. The lowest BCUT2D eigenvalue weighted by Crippen LogP contribution is -2.12. The van der Waals surface area contributed by atoms with E-state index in [4.69, 9.17) is 0 Å². The highest BCUT2D eigenvalue weighted by molar-refractivity contribution is 5.66. The summed E-state index contributed by atoms with van der Waals surface area (Å²) in [5, 5.41) is 9.49. The third-order valence-electron chi connectivity index (χ3n) is 3.50. The van der Waals surface area contributed by atoms with Crippen molar-refractivity contribution in [3.05, 3.63) is 59.2 Å². The van der Waals surface area contributed by atoms with Crippen LogP contribution in [0.5, 0.6) is 0 Å². The van der Waals surface area contributed by atoms with Crippen molar-refractivity contribution in [2.45, 2.75) is 26.9 Å². The molecule has 0 aliphatic carbocycles. The van der Waals surface area contributed by atoms with Crippen LogP contribution in [0, 0.1) is 6.92 Å². The van der Waals surface area contributed by atoms with Crippen molar-refractivity contribution in [3.8, 4) is 0 Å². The molecule has 2 aromatic rings. The van der Waals surface area contributed by atoms with E-state index >= 15 is 0 Å². The Balaban J connectivity index is 2.34. The largest absolute Gasteiger partial charge is 0.392 e. The molecular formula is C17H21NO. The van der Waals surface area contributed by atoms with E-state index in [1.807, 2.05) is 20.0 Å². The average Bonchev–Trinajstić information content (AvgIpc) is 2.46. The first-order valence-corrected chi connectivity index (χ1v) is 6.68. The molecule has 0 aliphatic rings. The highest BCUT2D eigenvalue weighted by atomic mass is 16.3. The second kappa shape index (κ2) is 5.89. The molecule has 0 saturated heterocycles. The predicted octanol–water partition coefficient (Wildman–Crippen LogP) is 3.82. The van der Waals surface area contributed by atoms with Crippen molar-refractivity contribution in [2.24, 2.45) is 0 Å². The van der Waals surface area contributed by atoms with E-state index in [2.05, 4.69) is 48.2 Å². The van der Waals surface area contributed by atoms with E-state index in [1.165, 1.54) is 11.1 Å². The van der Waals surface area contributed by atoms with Crippen molar-refractivity contribution in [2.75, 3.05) is 11.9 Å². The maximum atomic E-state index is 9.49. The van der Waals surface area contributed by atoms with Crippen LogP contribution in [0.4, 0.5) is 11.4 Å². The van der Waals surface area contributed by atoms with Gasteiger partial charge in [-0.3, -0.25) is 0 Å². The van der Waals surface area contributed by atoms with Gasteiger partial charge in [-0.05, 0) is 37.1 Å². The SMILES string of the molecule is CCc1ccc(N(C)c2ccc(C)cc2CO)cc1. The van der Waals surface area contributed by atoms with Crippen LogP contribution in [0.2, 0.25) is 0 Å². The first-order chi connectivity index (χ1) is 9.15. The molecule has 0 atom stereocenters. The van der Waals surface area contributed by atoms with Gasteiger partial charge in [-0.2, -0.15) is 0 Å². The standard InChI is InChI=1S/C17H21NO/c1-4-14-6-8-16(9-7-14)18(3)17-10-5-13(2)11-15(17)12-19/h5-11,19H,4,12H2,1-3H3. The lowest BCUT2D eigenvalue weighted by atomic mass is 10.1. The summed E-state index contributed by atoms with van der Waals surface area (Å²) in [6.45, 7) is 4.26. The molecule has 1 N–H and O–H groups in total. The van der Waals surface area contributed by atoms with Gasteiger partial charge in [0.15, 0.2) is 0 Å². The summed E-state index contributed by atoms with van der Waals surface area (Å²) in [6, 6.07) is 14.7. The molecule has 0 spiro atoms. The third kappa shape index (κ3) is 2.96. The van der Waals surface area contributed by atoms with Gasteiger partial charge in [-0.25, -0.2) is 0 Å². The van der Waals surface area contributed by atoms with Crippen molar-refractivity contribution in [1.82, 2.24) is 0 Å². The minimum atomic E-state index is 0.0639. The molecule has 0 aromatic heterocycles. The molecule has 2 heteroatoms. The van der Waals surface area contributed by atoms with Gasteiger partial charge in [0.05, 0.1) is 6.61 Å². The summed E-state index contributed by atoms with van der Waals surface area (Å²) < 4.78 is 0. The van der Waals surface area contributed by atoms with Crippen molar-refractivity contribution >= 4 is 11.4 Å². The number of benzene rings is 2. The summed E-state index contributed by atoms with van der Waals surface area (Å²) in [6.07, 6.45) is 1.05. The number of rotatable bonds is 4. The fraction of sp³-hybridized carbons (Fsp3) is 0.294. The normalized spacial score (nSPS) is 10.5. The lowest BCUT2D eigenvalue weighted by molar-refractivity contribution is 0.282. The summed E-state index contributed by atoms with van der Waals surface area (Å²) in [7, 11) is 2.03. The fourth-order valence-electron chi connectivity index (χ4n) is 2.26. The van der Waals surface area contributed by atoms with Gasteiger partial charge < -0.3 is 10.0 Å². The Bertz CT molecular complexity index is 546. The average molecular weight is 255 g/mol. The Kier molecular flexibility index (Phi) is 4.23. The van der Waals surface area contributed by atoms with Crippen LogP contribution >= 0.6 is 0 Å². The lowest BCUT2D eigenvalue weighted by Gasteiger charge is -2.22. The molecule has 0 radical (unpaired) electrons. The van der Waals surface area contributed by atoms with E-state index in [0.717, 1.165) is 23.4 Å². The Labute approximate surface area is 115 Å². The number of nitrogens with zero attached hydrogens (tertiary/aromatic N) is 1. The van der Waals surface area contributed by atoms with Crippen LogP contribution in [0.3, 0.4) is 0 Å². The van der Waals surface area contributed by atoms with Crippen LogP contribution in [-0.4, -0.2) is 12.2 Å². The van der Waals surface area contributed by atoms with Crippen molar-refractivity contribution < 1.29 is 5.11 Å². The maximum absolute atomic E-state index is 9.49. The minimum absolute atomic E-state index is 0.0639. The molecule has 0 unspecified atom stereocenters. The van der Waals surface area contributed by atoms with E-state index in [-0.39, 0.29) is 6.61 Å². The third-order valence-corrected chi connectivity index (χ3v) is 3.50. The van der Waals surface area contributed by atoms with E-state index < -0.39 is 0 Å². The van der Waals surface area contributed by atoms with Crippen LogP contribution in [0.25, 0.3) is 0 Å². The van der Waals surface area contributed by atoms with Crippen molar-refractivity contribution in [3.63, 3.8) is 0 Å². The van der Waals surface area contributed by atoms with E-state index in [9.17, 15) is 5.11 Å². The molecule has 100 valence electrons. The highest BCUT2D eigenvalue weighted by Crippen LogP contribution is 2.28. The smallest absolute Gasteiger partial charge is 0.0702 e. The maximum Gasteiger partial charge on any atom is 0.0702 e. The van der Waals surface area contributed by atoms with Gasteiger partial charge in [-0.1, -0.05) is 36.8 Å². The quantitative estimate of drug-likeness (QED) is 0.897. The number of anilines is 2. The molecule has 2 rings (SSSR count). The van der Waals surface area contributed by atoms with Gasteiger partial charge in [0, 0.05) is 24.0 Å². The van der Waals surface area contributed by atoms with Crippen LogP contribution in [0.1, 0.15) is 23.6 Å². The molecule has 0 fully saturated rings. The Morgan fingerprint density at radius 1 is 1.05 bits per heavy atom. The van der Waals surface area contributed by atoms with Gasteiger partial charge in [-0.15, -0.1) is 0 Å². The Morgan fingerprint density at radius 2 is 1.74 bits per heavy atom. The van der Waals surface area contributed by atoms with Crippen LogP contribution < -0.4 is 4.90 Å². The van der Waals surface area contributed by atoms with E-state index in [0.29, 0.717) is 0 Å². The Morgan fingerprint density at radius 3 is 2.32 bits per heavy atom. The fourth-order valence-corrected chi connectivity index (χ4v) is 2.26. The molecule has 19 heavy (non-hydrogen) atoms. The van der Waals surface area contributed by atoms with Gasteiger partial charge >= 0.3 is 0 Å². The molecule has 0 aliphatic heterocycles. The van der Waals surface area contributed by atoms with Crippen LogP contribution in [-0.2, 0) is 13.0 Å². The summed E-state index contributed by atoms with van der Waals surface area (Å²) >= 11 is 0. The first kappa shape index (κ1) is 13.6. The molecule has 0 heterocycles. The highest BCUT2D eigenvalue weighted by Gasteiger charge is 2.09. The van der Waals surface area contributed by atoms with Crippen molar-refractivity contribution in [1.29, 1.82) is 0 Å². The first-order valence-electron chi connectivity index (χ1n) is 6.68. The molecule has 0 amide bonds. The molecule has 0 bridgehead atoms. The van der Waals surface area contributed by atoms with E-state index in [1.54, 1.807) is 0 Å². The zero-order valence-electron chi connectivity index (χ0n) is 11.9. The monoisotopic (exact) mass is 255 g/mol. The molecule has 2 nitrogen and oxygen atoms in total. The zero-order chi connectivity index (χ0) is 13.8. The number of hydrogen-bond donors (Lipinski definition) is 1. The minimum Gasteiger partial charge on any atom is -0.392 e. The zero-order valence-corrected chi connectivity index (χ0v) is 11.9. The summed E-state index contributed by atoms with van der Waals surface area (Å²) in [4.78, 5) is 2.12. The van der Waals surface area contributed by atoms with Gasteiger partial charge in [0.2, 0.25) is 0 Å². The van der Waals surface area contributed by atoms with Gasteiger partial charge in [0.1, 0.15) is 0 Å². The summed E-state index contributed by atoms with van der Waals surface area (Å²) in [5.74, 6) is 0. The number of aryl methyl sites for hydroxylation is 2. The second-order valence-electron chi connectivity index (χ2n) is 4.87. The molecule has 2 aromatic carbocycles. The summed E-state index contributed by atoms with van der Waals surface area (Å²) in [5.41, 5.74) is 5.65. The number of hydrogen-bond acceptors (Lipinski definition) is 2. The topological polar surface area (TPSA) is 23.5 Å². The number of aliphatic hydroxyl groups is 1. The molecular weight excluding hydrogens is 234 g/mol.